The molecule has 4 rings (SSSR count). The van der Waals surface area contributed by atoms with E-state index in [2.05, 4.69) is 38.1 Å². The fourth-order valence-electron chi connectivity index (χ4n) is 3.19. The van der Waals surface area contributed by atoms with Gasteiger partial charge < -0.3 is 19.2 Å². The largest absolute Gasteiger partial charge is 0.466 e. The highest BCUT2D eigenvalue weighted by Gasteiger charge is 2.41. The Balaban J connectivity index is 1.90. The zero-order chi connectivity index (χ0) is 17.3. The van der Waals surface area contributed by atoms with Gasteiger partial charge in [0.05, 0.1) is 33.0 Å². The molecule has 0 bridgehead atoms. The maximum atomic E-state index is 5.59. The molecule has 1 aliphatic rings. The van der Waals surface area contributed by atoms with Crippen LogP contribution in [0.25, 0.3) is 10.9 Å². The van der Waals surface area contributed by atoms with Gasteiger partial charge in [-0.3, -0.25) is 0 Å². The second kappa shape index (κ2) is 6.30. The molecule has 1 aliphatic heterocycles. The number of methoxy groups -OCH3 is 2. The Morgan fingerprint density at radius 1 is 1.00 bits per heavy atom. The van der Waals surface area contributed by atoms with Gasteiger partial charge in [-0.2, -0.15) is 0 Å². The van der Waals surface area contributed by atoms with Crippen molar-refractivity contribution in [2.45, 2.75) is 0 Å². The number of morpholine rings is 1. The molecule has 8 heteroatoms. The summed E-state index contributed by atoms with van der Waals surface area (Å²) in [5.41, 5.74) is 1.08. The number of rotatable bonds is 4. The molecule has 0 unspecified atom stereocenters. The first-order valence-electron chi connectivity index (χ1n) is 8.13. The number of nitrogens with one attached hydrogen (secondary N) is 1. The molecule has 3 aromatic rings. The molecular weight excluding hydrogens is 322 g/mol. The van der Waals surface area contributed by atoms with Crippen molar-refractivity contribution in [2.24, 2.45) is 0 Å². The molecule has 0 spiro atoms. The molecule has 1 fully saturated rings. The van der Waals surface area contributed by atoms with E-state index in [4.69, 9.17) is 14.2 Å². The molecule has 0 radical (unpaired) electrons. The van der Waals surface area contributed by atoms with Crippen LogP contribution in [0.5, 0.6) is 12.0 Å². The lowest BCUT2D eigenvalue weighted by molar-refractivity contribution is 0.0598. The van der Waals surface area contributed by atoms with Gasteiger partial charge in [-0.1, -0.05) is 18.2 Å². The van der Waals surface area contributed by atoms with Gasteiger partial charge in [0.25, 0.3) is 0 Å². The predicted molar refractivity (Wildman–Crippen MR) is 93.2 cm³/mol. The zero-order valence-electron chi connectivity index (χ0n) is 14.2. The average molecular weight is 342 g/mol. The molecule has 1 saturated heterocycles. The van der Waals surface area contributed by atoms with Crippen molar-refractivity contribution in [3.63, 3.8) is 0 Å². The number of hydrogen-bond acceptors (Lipinski definition) is 6. The van der Waals surface area contributed by atoms with Gasteiger partial charge in [-0.05, 0) is 6.07 Å². The minimum Gasteiger partial charge on any atom is -0.466 e. The van der Waals surface area contributed by atoms with Crippen molar-refractivity contribution in [3.8, 4) is 12.0 Å². The van der Waals surface area contributed by atoms with Crippen molar-refractivity contribution < 1.29 is 14.2 Å². The first-order chi connectivity index (χ1) is 12.2. The third-order valence-corrected chi connectivity index (χ3v) is 4.54. The van der Waals surface area contributed by atoms with Crippen LogP contribution < -0.4 is 14.0 Å². The zero-order valence-corrected chi connectivity index (χ0v) is 14.2. The fourth-order valence-corrected chi connectivity index (χ4v) is 3.19. The van der Waals surface area contributed by atoms with E-state index in [0.29, 0.717) is 36.7 Å². The van der Waals surface area contributed by atoms with Crippen molar-refractivity contribution >= 4 is 22.7 Å². The number of quaternary nitrogens is 1. The van der Waals surface area contributed by atoms with E-state index >= 15 is 0 Å². The Kier molecular flexibility index (Phi) is 3.98. The molecule has 0 saturated carbocycles. The van der Waals surface area contributed by atoms with E-state index < -0.39 is 0 Å². The fraction of sp³-hybridized carbons (Fsp3) is 0.353. The van der Waals surface area contributed by atoms with Crippen LogP contribution in [-0.2, 0) is 4.74 Å². The van der Waals surface area contributed by atoms with Crippen molar-refractivity contribution in [3.05, 3.63) is 30.3 Å². The third-order valence-electron chi connectivity index (χ3n) is 4.54. The summed E-state index contributed by atoms with van der Waals surface area (Å²) in [4.78, 5) is 16.7. The van der Waals surface area contributed by atoms with Crippen LogP contribution in [0.1, 0.15) is 0 Å². The lowest BCUT2D eigenvalue weighted by atomic mass is 10.2. The Morgan fingerprint density at radius 2 is 1.68 bits per heavy atom. The SMILES string of the molecule is COc1nc(OC)nc([N+]2(c3cc4ccccc4[nH]3)CCOCC2)n1. The second-order valence-corrected chi connectivity index (χ2v) is 5.88. The first kappa shape index (κ1) is 15.8. The van der Waals surface area contributed by atoms with Crippen LogP contribution in [0.2, 0.25) is 0 Å². The van der Waals surface area contributed by atoms with Crippen LogP contribution in [0.15, 0.2) is 30.3 Å². The molecule has 0 aliphatic carbocycles. The minimum absolute atomic E-state index is 0.238. The highest BCUT2D eigenvalue weighted by molar-refractivity contribution is 5.84. The van der Waals surface area contributed by atoms with Crippen molar-refractivity contribution in [1.29, 1.82) is 0 Å². The molecular formula is C17H20N5O3+. The molecule has 25 heavy (non-hydrogen) atoms. The van der Waals surface area contributed by atoms with E-state index in [0.717, 1.165) is 16.7 Å². The number of para-hydroxylation sites is 1. The summed E-state index contributed by atoms with van der Waals surface area (Å²) in [7, 11) is 3.07. The standard InChI is InChI=1S/C17H20N5O3/c1-23-16-19-15(20-17(21-16)24-2)22(7-9-25-10-8-22)14-11-12-5-3-4-6-13(12)18-14/h3-6,11,18H,7-10H2,1-2H3/q+1. The van der Waals surface area contributed by atoms with Gasteiger partial charge in [0.2, 0.25) is 5.82 Å². The van der Waals surface area contributed by atoms with Crippen molar-refractivity contribution in [2.75, 3.05) is 40.5 Å². The first-order valence-corrected chi connectivity index (χ1v) is 8.13. The van der Waals surface area contributed by atoms with Gasteiger partial charge in [-0.25, -0.2) is 4.48 Å². The summed E-state index contributed by atoms with van der Waals surface area (Å²) in [6.45, 7) is 2.66. The van der Waals surface area contributed by atoms with Gasteiger partial charge in [-0.15, -0.1) is 15.0 Å². The van der Waals surface area contributed by atoms with Crippen LogP contribution in [0.4, 0.5) is 11.8 Å². The monoisotopic (exact) mass is 342 g/mol. The number of ether oxygens (including phenoxy) is 3. The van der Waals surface area contributed by atoms with Crippen LogP contribution >= 0.6 is 0 Å². The maximum absolute atomic E-state index is 5.59. The Hall–Kier alpha value is -2.71. The van der Waals surface area contributed by atoms with Gasteiger partial charge >= 0.3 is 18.0 Å². The van der Waals surface area contributed by atoms with E-state index in [-0.39, 0.29) is 12.0 Å². The Morgan fingerprint density at radius 3 is 2.32 bits per heavy atom. The molecule has 130 valence electrons. The molecule has 2 aromatic heterocycles. The number of aromatic amines is 1. The summed E-state index contributed by atoms with van der Waals surface area (Å²) in [6.07, 6.45) is 0. The number of hydrogen-bond donors (Lipinski definition) is 1. The van der Waals surface area contributed by atoms with Gasteiger partial charge in [0, 0.05) is 11.5 Å². The van der Waals surface area contributed by atoms with E-state index in [1.54, 1.807) is 0 Å². The minimum atomic E-state index is 0.238. The number of aromatic nitrogens is 4. The number of nitrogens with zero attached hydrogens (tertiary/aromatic N) is 4. The third kappa shape index (κ3) is 2.69. The van der Waals surface area contributed by atoms with Crippen molar-refractivity contribution in [1.82, 2.24) is 24.4 Å². The van der Waals surface area contributed by atoms with Crippen LogP contribution in [0, 0.1) is 0 Å². The maximum Gasteiger partial charge on any atom is 0.344 e. The molecule has 3 heterocycles. The number of fused-ring (bicyclic) bond motifs is 1. The average Bonchev–Trinajstić information content (AvgIpc) is 3.12. The Bertz CT molecular complexity index is 834. The molecule has 1 aromatic carbocycles. The topological polar surface area (TPSA) is 82.2 Å². The quantitative estimate of drug-likeness (QED) is 0.731. The summed E-state index contributed by atoms with van der Waals surface area (Å²) in [5.74, 6) is 1.60. The number of benzene rings is 1. The summed E-state index contributed by atoms with van der Waals surface area (Å²) >= 11 is 0. The summed E-state index contributed by atoms with van der Waals surface area (Å²) in [5, 5.41) is 1.15. The lowest BCUT2D eigenvalue weighted by Crippen LogP contribution is -2.53. The van der Waals surface area contributed by atoms with Gasteiger partial charge in [0.1, 0.15) is 13.1 Å². The van der Waals surface area contributed by atoms with Crippen LogP contribution in [-0.4, -0.2) is 60.5 Å². The molecule has 0 atom stereocenters. The number of H-pyrrole nitrogens is 1. The summed E-state index contributed by atoms with van der Waals surface area (Å²) < 4.78 is 16.5. The molecule has 1 N–H and O–H groups in total. The van der Waals surface area contributed by atoms with E-state index in [1.807, 2.05) is 12.1 Å². The van der Waals surface area contributed by atoms with Crippen LogP contribution in [0.3, 0.4) is 0 Å². The molecule has 8 nitrogen and oxygen atoms in total. The predicted octanol–water partition coefficient (Wildman–Crippen LogP) is 2.04. The Labute approximate surface area is 145 Å². The highest BCUT2D eigenvalue weighted by Crippen LogP contribution is 2.36. The van der Waals surface area contributed by atoms with Gasteiger partial charge in [0.15, 0.2) is 0 Å². The lowest BCUT2D eigenvalue weighted by Gasteiger charge is -2.36. The second-order valence-electron chi connectivity index (χ2n) is 5.88. The smallest absolute Gasteiger partial charge is 0.344 e. The van der Waals surface area contributed by atoms with E-state index in [9.17, 15) is 0 Å². The van der Waals surface area contributed by atoms with E-state index in [1.165, 1.54) is 14.2 Å². The highest BCUT2D eigenvalue weighted by atomic mass is 16.5. The summed E-state index contributed by atoms with van der Waals surface area (Å²) in [6, 6.07) is 10.8. The molecule has 0 amide bonds. The normalized spacial score (nSPS) is 16.7.